The van der Waals surface area contributed by atoms with Crippen LogP contribution in [-0.4, -0.2) is 17.5 Å². The van der Waals surface area contributed by atoms with Crippen molar-refractivity contribution in [3.63, 3.8) is 0 Å². The Bertz CT molecular complexity index is 532. The summed E-state index contributed by atoms with van der Waals surface area (Å²) in [6, 6.07) is 18.0. The SMILES string of the molecule is Cc1ccc(NCCC(=NO)c2ccccc2)cc1. The molecule has 0 unspecified atom stereocenters. The topological polar surface area (TPSA) is 44.6 Å². The summed E-state index contributed by atoms with van der Waals surface area (Å²) in [5.74, 6) is 0. The largest absolute Gasteiger partial charge is 0.411 e. The maximum absolute atomic E-state index is 9.07. The van der Waals surface area contributed by atoms with Gasteiger partial charge in [-0.05, 0) is 24.6 Å². The number of rotatable bonds is 5. The van der Waals surface area contributed by atoms with E-state index in [4.69, 9.17) is 5.21 Å². The minimum atomic E-state index is 0.675. The maximum Gasteiger partial charge on any atom is 0.0885 e. The summed E-state index contributed by atoms with van der Waals surface area (Å²) in [7, 11) is 0. The van der Waals surface area contributed by atoms with Crippen LogP contribution < -0.4 is 5.32 Å². The second-order valence-corrected chi connectivity index (χ2v) is 4.46. The number of nitrogens with zero attached hydrogens (tertiary/aromatic N) is 1. The van der Waals surface area contributed by atoms with Crippen LogP contribution in [0.2, 0.25) is 0 Å². The van der Waals surface area contributed by atoms with E-state index in [1.165, 1.54) is 5.56 Å². The number of oxime groups is 1. The molecule has 3 nitrogen and oxygen atoms in total. The van der Waals surface area contributed by atoms with Crippen molar-refractivity contribution in [1.82, 2.24) is 0 Å². The minimum Gasteiger partial charge on any atom is -0.411 e. The lowest BCUT2D eigenvalue weighted by Gasteiger charge is -2.08. The van der Waals surface area contributed by atoms with Crippen molar-refractivity contribution in [2.45, 2.75) is 13.3 Å². The quantitative estimate of drug-likeness (QED) is 0.485. The summed E-state index contributed by atoms with van der Waals surface area (Å²) in [5.41, 5.74) is 3.97. The Hall–Kier alpha value is -2.29. The van der Waals surface area contributed by atoms with Crippen molar-refractivity contribution in [1.29, 1.82) is 0 Å². The van der Waals surface area contributed by atoms with Crippen molar-refractivity contribution in [3.8, 4) is 0 Å². The smallest absolute Gasteiger partial charge is 0.0885 e. The molecule has 0 amide bonds. The van der Waals surface area contributed by atoms with E-state index in [1.807, 2.05) is 42.5 Å². The van der Waals surface area contributed by atoms with Crippen LogP contribution in [0.4, 0.5) is 5.69 Å². The molecule has 2 N–H and O–H groups in total. The Kier molecular flexibility index (Phi) is 4.56. The van der Waals surface area contributed by atoms with E-state index in [-0.39, 0.29) is 0 Å². The van der Waals surface area contributed by atoms with Crippen molar-refractivity contribution >= 4 is 11.4 Å². The zero-order chi connectivity index (χ0) is 13.5. The molecule has 2 aromatic rings. The third-order valence-corrected chi connectivity index (χ3v) is 2.97. The highest BCUT2D eigenvalue weighted by atomic mass is 16.4. The number of benzene rings is 2. The normalized spacial score (nSPS) is 11.3. The number of hydrogen-bond donors (Lipinski definition) is 2. The molecule has 0 saturated heterocycles. The fourth-order valence-corrected chi connectivity index (χ4v) is 1.88. The van der Waals surface area contributed by atoms with Crippen LogP contribution in [0, 0.1) is 6.92 Å². The van der Waals surface area contributed by atoms with Gasteiger partial charge < -0.3 is 10.5 Å². The summed E-state index contributed by atoms with van der Waals surface area (Å²) in [6.07, 6.45) is 0.675. The predicted octanol–water partition coefficient (Wildman–Crippen LogP) is 3.68. The van der Waals surface area contributed by atoms with E-state index in [9.17, 15) is 0 Å². The molecule has 98 valence electrons. The molecule has 0 aromatic heterocycles. The van der Waals surface area contributed by atoms with Crippen molar-refractivity contribution in [2.24, 2.45) is 5.16 Å². The highest BCUT2D eigenvalue weighted by molar-refractivity contribution is 6.00. The molecule has 0 aliphatic carbocycles. The van der Waals surface area contributed by atoms with Gasteiger partial charge in [0.1, 0.15) is 0 Å². The van der Waals surface area contributed by atoms with Gasteiger partial charge in [-0.3, -0.25) is 0 Å². The van der Waals surface area contributed by atoms with Crippen LogP contribution in [0.15, 0.2) is 59.8 Å². The third-order valence-electron chi connectivity index (χ3n) is 2.97. The number of hydrogen-bond acceptors (Lipinski definition) is 3. The van der Waals surface area contributed by atoms with Gasteiger partial charge in [0.25, 0.3) is 0 Å². The van der Waals surface area contributed by atoms with Crippen LogP contribution in [0.3, 0.4) is 0 Å². The Morgan fingerprint density at radius 3 is 2.37 bits per heavy atom. The van der Waals surface area contributed by atoms with Crippen LogP contribution in [0.25, 0.3) is 0 Å². The van der Waals surface area contributed by atoms with E-state index in [0.29, 0.717) is 12.1 Å². The lowest BCUT2D eigenvalue weighted by molar-refractivity contribution is 0.318. The first kappa shape index (κ1) is 13.1. The first-order chi connectivity index (χ1) is 9.29. The molecule has 0 heterocycles. The molecule has 3 heteroatoms. The number of aryl methyl sites for hydroxylation is 1. The van der Waals surface area contributed by atoms with Gasteiger partial charge in [0.15, 0.2) is 0 Å². The molecule has 2 rings (SSSR count). The average Bonchev–Trinajstić information content (AvgIpc) is 2.46. The van der Waals surface area contributed by atoms with Crippen LogP contribution in [-0.2, 0) is 0 Å². The summed E-state index contributed by atoms with van der Waals surface area (Å²) in [6.45, 7) is 2.80. The lowest BCUT2D eigenvalue weighted by Crippen LogP contribution is -2.09. The summed E-state index contributed by atoms with van der Waals surface area (Å²) in [4.78, 5) is 0. The molecule has 0 aliphatic rings. The van der Waals surface area contributed by atoms with Gasteiger partial charge in [0.2, 0.25) is 0 Å². The Morgan fingerprint density at radius 1 is 1.05 bits per heavy atom. The highest BCUT2D eigenvalue weighted by Crippen LogP contribution is 2.09. The summed E-state index contributed by atoms with van der Waals surface area (Å²) < 4.78 is 0. The fraction of sp³-hybridized carbons (Fsp3) is 0.188. The van der Waals surface area contributed by atoms with Crippen LogP contribution in [0.1, 0.15) is 17.5 Å². The second kappa shape index (κ2) is 6.59. The van der Waals surface area contributed by atoms with Gasteiger partial charge >= 0.3 is 0 Å². The van der Waals surface area contributed by atoms with E-state index in [0.717, 1.165) is 17.8 Å². The molecule has 0 aliphatic heterocycles. The van der Waals surface area contributed by atoms with E-state index < -0.39 is 0 Å². The van der Waals surface area contributed by atoms with Gasteiger partial charge in [0.05, 0.1) is 5.71 Å². The lowest BCUT2D eigenvalue weighted by atomic mass is 10.1. The van der Waals surface area contributed by atoms with Crippen LogP contribution in [0.5, 0.6) is 0 Å². The van der Waals surface area contributed by atoms with Crippen LogP contribution >= 0.6 is 0 Å². The molecule has 0 fully saturated rings. The Labute approximate surface area is 113 Å². The zero-order valence-corrected chi connectivity index (χ0v) is 11.0. The van der Waals surface area contributed by atoms with Gasteiger partial charge in [-0.15, -0.1) is 0 Å². The summed E-state index contributed by atoms with van der Waals surface area (Å²) in [5, 5.41) is 15.8. The number of anilines is 1. The number of nitrogens with one attached hydrogen (secondary N) is 1. The average molecular weight is 254 g/mol. The molecular formula is C16H18N2O. The van der Waals surface area contributed by atoms with Gasteiger partial charge in [-0.2, -0.15) is 0 Å². The van der Waals surface area contributed by atoms with Crippen molar-refractivity contribution < 1.29 is 5.21 Å². The molecular weight excluding hydrogens is 236 g/mol. The van der Waals surface area contributed by atoms with Gasteiger partial charge in [-0.25, -0.2) is 0 Å². The Balaban J connectivity index is 1.89. The molecule has 2 aromatic carbocycles. The van der Waals surface area contributed by atoms with Crippen molar-refractivity contribution in [2.75, 3.05) is 11.9 Å². The zero-order valence-electron chi connectivity index (χ0n) is 11.0. The van der Waals surface area contributed by atoms with E-state index >= 15 is 0 Å². The Morgan fingerprint density at radius 2 is 1.74 bits per heavy atom. The van der Waals surface area contributed by atoms with E-state index in [1.54, 1.807) is 0 Å². The first-order valence-electron chi connectivity index (χ1n) is 6.36. The molecule has 0 radical (unpaired) electrons. The second-order valence-electron chi connectivity index (χ2n) is 4.46. The van der Waals surface area contributed by atoms with Crippen molar-refractivity contribution in [3.05, 3.63) is 65.7 Å². The van der Waals surface area contributed by atoms with E-state index in [2.05, 4.69) is 29.5 Å². The summed E-state index contributed by atoms with van der Waals surface area (Å²) >= 11 is 0. The monoisotopic (exact) mass is 254 g/mol. The highest BCUT2D eigenvalue weighted by Gasteiger charge is 2.03. The molecule has 0 atom stereocenters. The van der Waals surface area contributed by atoms with Gasteiger partial charge in [0, 0.05) is 18.7 Å². The van der Waals surface area contributed by atoms with Gasteiger partial charge in [-0.1, -0.05) is 53.2 Å². The standard InChI is InChI=1S/C16H18N2O/c1-13-7-9-15(10-8-13)17-12-11-16(18-19)14-5-3-2-4-6-14/h2-10,17,19H,11-12H2,1H3. The first-order valence-corrected chi connectivity index (χ1v) is 6.36. The minimum absolute atomic E-state index is 0.675. The third kappa shape index (κ3) is 3.85. The predicted molar refractivity (Wildman–Crippen MR) is 79.1 cm³/mol. The fourth-order valence-electron chi connectivity index (χ4n) is 1.88. The maximum atomic E-state index is 9.07. The molecule has 0 bridgehead atoms. The molecule has 0 saturated carbocycles. The molecule has 19 heavy (non-hydrogen) atoms. The molecule has 0 spiro atoms.